The Morgan fingerprint density at radius 2 is 1.92 bits per heavy atom. The SMILES string of the molecule is CCNC(=NCc1ccc(OC)cc1)NCC(C)(O)c1cc(C)oc1C. The summed E-state index contributed by atoms with van der Waals surface area (Å²) in [7, 11) is 1.65. The zero-order valence-electron chi connectivity index (χ0n) is 16.2. The minimum absolute atomic E-state index is 0.321. The summed E-state index contributed by atoms with van der Waals surface area (Å²) >= 11 is 0. The van der Waals surface area contributed by atoms with Gasteiger partial charge in [0.25, 0.3) is 0 Å². The summed E-state index contributed by atoms with van der Waals surface area (Å²) in [6.45, 7) is 9.10. The normalized spacial score (nSPS) is 14.0. The molecule has 0 aliphatic heterocycles. The molecule has 0 amide bonds. The number of guanidine groups is 1. The fourth-order valence-electron chi connectivity index (χ4n) is 2.76. The van der Waals surface area contributed by atoms with Gasteiger partial charge in [-0.3, -0.25) is 0 Å². The van der Waals surface area contributed by atoms with Gasteiger partial charge in [-0.15, -0.1) is 0 Å². The molecule has 2 rings (SSSR count). The van der Waals surface area contributed by atoms with E-state index in [-0.39, 0.29) is 0 Å². The number of hydrogen-bond acceptors (Lipinski definition) is 4. The molecule has 0 saturated carbocycles. The molecule has 6 heteroatoms. The first-order valence-corrected chi connectivity index (χ1v) is 8.80. The van der Waals surface area contributed by atoms with E-state index in [9.17, 15) is 5.11 Å². The molecule has 3 N–H and O–H groups in total. The van der Waals surface area contributed by atoms with Crippen molar-refractivity contribution in [3.63, 3.8) is 0 Å². The van der Waals surface area contributed by atoms with Crippen molar-refractivity contribution in [2.75, 3.05) is 20.2 Å². The van der Waals surface area contributed by atoms with Crippen molar-refractivity contribution in [1.29, 1.82) is 0 Å². The molecule has 142 valence electrons. The van der Waals surface area contributed by atoms with Crippen LogP contribution in [0.4, 0.5) is 0 Å². The number of hydrogen-bond donors (Lipinski definition) is 3. The van der Waals surface area contributed by atoms with Crippen molar-refractivity contribution < 1.29 is 14.3 Å². The Morgan fingerprint density at radius 3 is 2.46 bits per heavy atom. The molecule has 0 spiro atoms. The Bertz CT molecular complexity index is 733. The molecule has 0 radical (unpaired) electrons. The van der Waals surface area contributed by atoms with Crippen molar-refractivity contribution in [3.8, 4) is 5.75 Å². The van der Waals surface area contributed by atoms with E-state index in [1.165, 1.54) is 0 Å². The van der Waals surface area contributed by atoms with Gasteiger partial charge < -0.3 is 24.9 Å². The molecular weight excluding hydrogens is 330 g/mol. The average Bonchev–Trinajstić information content (AvgIpc) is 2.97. The second kappa shape index (κ2) is 8.76. The van der Waals surface area contributed by atoms with Gasteiger partial charge in [0.15, 0.2) is 5.96 Å². The van der Waals surface area contributed by atoms with E-state index >= 15 is 0 Å². The Balaban J connectivity index is 2.03. The van der Waals surface area contributed by atoms with Crippen molar-refractivity contribution in [3.05, 3.63) is 53.0 Å². The van der Waals surface area contributed by atoms with E-state index < -0.39 is 5.60 Å². The smallest absolute Gasteiger partial charge is 0.191 e. The summed E-state index contributed by atoms with van der Waals surface area (Å²) in [4.78, 5) is 4.58. The fraction of sp³-hybridized carbons (Fsp3) is 0.450. The standard InChI is InChI=1S/C20H29N3O3/c1-6-21-19(22-12-16-7-9-17(25-5)10-8-16)23-13-20(4,24)18-11-14(2)26-15(18)3/h7-11,24H,6,12-13H2,1-5H3,(H2,21,22,23). The molecule has 1 aromatic heterocycles. The molecule has 0 aliphatic rings. The molecule has 1 heterocycles. The minimum atomic E-state index is -1.06. The topological polar surface area (TPSA) is 79.0 Å². The van der Waals surface area contributed by atoms with Crippen LogP contribution in [-0.2, 0) is 12.1 Å². The molecule has 0 bridgehead atoms. The van der Waals surface area contributed by atoms with E-state index in [0.717, 1.165) is 34.9 Å². The third-order valence-corrected chi connectivity index (χ3v) is 4.14. The predicted molar refractivity (Wildman–Crippen MR) is 104 cm³/mol. The lowest BCUT2D eigenvalue weighted by molar-refractivity contribution is 0.0601. The van der Waals surface area contributed by atoms with Gasteiger partial charge >= 0.3 is 0 Å². The van der Waals surface area contributed by atoms with Crippen LogP contribution in [0.5, 0.6) is 5.75 Å². The fourth-order valence-corrected chi connectivity index (χ4v) is 2.76. The first kappa shape index (κ1) is 19.8. The molecular formula is C20H29N3O3. The lowest BCUT2D eigenvalue weighted by Gasteiger charge is -2.24. The van der Waals surface area contributed by atoms with Crippen LogP contribution in [-0.4, -0.2) is 31.3 Å². The highest BCUT2D eigenvalue weighted by Gasteiger charge is 2.27. The second-order valence-electron chi connectivity index (χ2n) is 6.50. The third-order valence-electron chi connectivity index (χ3n) is 4.14. The van der Waals surface area contributed by atoms with Gasteiger partial charge in [0.05, 0.1) is 20.2 Å². The zero-order chi connectivity index (χ0) is 19.2. The van der Waals surface area contributed by atoms with Gasteiger partial charge in [-0.2, -0.15) is 0 Å². The summed E-state index contributed by atoms with van der Waals surface area (Å²) in [6.07, 6.45) is 0. The molecule has 2 aromatic rings. The minimum Gasteiger partial charge on any atom is -0.497 e. The average molecular weight is 359 g/mol. The van der Waals surface area contributed by atoms with Crippen LogP contribution in [0.15, 0.2) is 39.7 Å². The molecule has 1 unspecified atom stereocenters. The van der Waals surface area contributed by atoms with Crippen molar-refractivity contribution in [1.82, 2.24) is 10.6 Å². The summed E-state index contributed by atoms with van der Waals surface area (Å²) in [5.74, 6) is 3.00. The van der Waals surface area contributed by atoms with E-state index in [0.29, 0.717) is 19.0 Å². The molecule has 0 fully saturated rings. The predicted octanol–water partition coefficient (Wildman–Crippen LogP) is 2.87. The number of nitrogens with one attached hydrogen (secondary N) is 2. The summed E-state index contributed by atoms with van der Waals surface area (Å²) < 4.78 is 10.7. The highest BCUT2D eigenvalue weighted by molar-refractivity contribution is 5.79. The Kier molecular flexibility index (Phi) is 6.69. The number of aliphatic hydroxyl groups is 1. The summed E-state index contributed by atoms with van der Waals surface area (Å²) in [5, 5.41) is 17.2. The molecule has 1 atom stereocenters. The summed E-state index contributed by atoms with van der Waals surface area (Å²) in [6, 6.07) is 9.68. The Morgan fingerprint density at radius 1 is 1.23 bits per heavy atom. The lowest BCUT2D eigenvalue weighted by Crippen LogP contribution is -2.44. The molecule has 6 nitrogen and oxygen atoms in total. The van der Waals surface area contributed by atoms with E-state index in [4.69, 9.17) is 9.15 Å². The second-order valence-corrected chi connectivity index (χ2v) is 6.50. The highest BCUT2D eigenvalue weighted by atomic mass is 16.5. The number of nitrogens with zero attached hydrogens (tertiary/aromatic N) is 1. The molecule has 1 aromatic carbocycles. The van der Waals surface area contributed by atoms with Crippen LogP contribution < -0.4 is 15.4 Å². The van der Waals surface area contributed by atoms with E-state index in [1.54, 1.807) is 14.0 Å². The van der Waals surface area contributed by atoms with Crippen molar-refractivity contribution in [2.24, 2.45) is 4.99 Å². The van der Waals surface area contributed by atoms with E-state index in [2.05, 4.69) is 15.6 Å². The highest BCUT2D eigenvalue weighted by Crippen LogP contribution is 2.26. The van der Waals surface area contributed by atoms with Gasteiger partial charge in [-0.1, -0.05) is 12.1 Å². The first-order valence-electron chi connectivity index (χ1n) is 8.80. The van der Waals surface area contributed by atoms with Crippen LogP contribution in [0.2, 0.25) is 0 Å². The van der Waals surface area contributed by atoms with E-state index in [1.807, 2.05) is 51.1 Å². The zero-order valence-corrected chi connectivity index (χ0v) is 16.2. The lowest BCUT2D eigenvalue weighted by atomic mass is 9.96. The maximum Gasteiger partial charge on any atom is 0.191 e. The number of rotatable bonds is 7. The van der Waals surface area contributed by atoms with Crippen LogP contribution in [0.3, 0.4) is 0 Å². The molecule has 0 saturated heterocycles. The largest absolute Gasteiger partial charge is 0.497 e. The quantitative estimate of drug-likeness (QED) is 0.523. The Hall–Kier alpha value is -2.47. The number of benzene rings is 1. The number of furan rings is 1. The van der Waals surface area contributed by atoms with Gasteiger partial charge in [-0.25, -0.2) is 4.99 Å². The van der Waals surface area contributed by atoms with Gasteiger partial charge in [0.2, 0.25) is 0 Å². The van der Waals surface area contributed by atoms with Crippen molar-refractivity contribution >= 4 is 5.96 Å². The van der Waals surface area contributed by atoms with Crippen LogP contribution in [0.25, 0.3) is 0 Å². The van der Waals surface area contributed by atoms with Crippen molar-refractivity contribution in [2.45, 2.75) is 39.8 Å². The third kappa shape index (κ3) is 5.26. The number of methoxy groups -OCH3 is 1. The maximum absolute atomic E-state index is 10.8. The monoisotopic (exact) mass is 359 g/mol. The Labute approximate surface area is 155 Å². The molecule has 0 aliphatic carbocycles. The number of aryl methyl sites for hydroxylation is 2. The van der Waals surface area contributed by atoms with Crippen LogP contribution in [0.1, 0.15) is 36.5 Å². The number of ether oxygens (including phenoxy) is 1. The summed E-state index contributed by atoms with van der Waals surface area (Å²) in [5.41, 5.74) is 0.808. The van der Waals surface area contributed by atoms with Crippen LogP contribution in [0, 0.1) is 13.8 Å². The molecule has 26 heavy (non-hydrogen) atoms. The van der Waals surface area contributed by atoms with Gasteiger partial charge in [-0.05, 0) is 51.5 Å². The first-order chi connectivity index (χ1) is 12.4. The van der Waals surface area contributed by atoms with Gasteiger partial charge in [0.1, 0.15) is 22.9 Å². The van der Waals surface area contributed by atoms with Crippen LogP contribution >= 0.6 is 0 Å². The maximum atomic E-state index is 10.8. The number of aliphatic imine (C=N–C) groups is 1. The van der Waals surface area contributed by atoms with Gasteiger partial charge in [0, 0.05) is 12.1 Å².